The predicted octanol–water partition coefficient (Wildman–Crippen LogP) is 1.53. The van der Waals surface area contributed by atoms with Crippen molar-refractivity contribution in [3.8, 4) is 0 Å². The molecule has 1 saturated heterocycles. The number of nitrogens with one attached hydrogen (secondary N) is 1. The van der Waals surface area contributed by atoms with Crippen LogP contribution in [0.15, 0.2) is 16.8 Å². The van der Waals surface area contributed by atoms with Gasteiger partial charge in [0.15, 0.2) is 0 Å². The Morgan fingerprint density at radius 1 is 1.62 bits per heavy atom. The number of carbonyl (C=O) groups is 1. The largest absolute Gasteiger partial charge is 0.340 e. The van der Waals surface area contributed by atoms with Crippen LogP contribution in [0.25, 0.3) is 0 Å². The molecule has 5 heteroatoms. The van der Waals surface area contributed by atoms with Gasteiger partial charge in [-0.05, 0) is 28.8 Å². The standard InChI is InChI=1S/C11H16N2OS.ClH/c1-13(10-6-12-7-10)11(14)3-2-9-4-5-15-8-9;/h4-5,8,10,12H,2-3,6-7H2,1H3;1H. The minimum atomic E-state index is 0. The van der Waals surface area contributed by atoms with Crippen LogP contribution >= 0.6 is 23.7 Å². The Bertz CT molecular complexity index is 325. The monoisotopic (exact) mass is 260 g/mol. The molecule has 90 valence electrons. The first-order chi connectivity index (χ1) is 7.27. The van der Waals surface area contributed by atoms with Gasteiger partial charge < -0.3 is 10.2 Å². The summed E-state index contributed by atoms with van der Waals surface area (Å²) in [4.78, 5) is 13.7. The Morgan fingerprint density at radius 3 is 2.88 bits per heavy atom. The summed E-state index contributed by atoms with van der Waals surface area (Å²) in [5, 5.41) is 7.34. The van der Waals surface area contributed by atoms with Crippen molar-refractivity contribution in [3.05, 3.63) is 22.4 Å². The third-order valence-electron chi connectivity index (χ3n) is 2.91. The van der Waals surface area contributed by atoms with E-state index in [0.717, 1.165) is 19.5 Å². The molecule has 1 amide bonds. The van der Waals surface area contributed by atoms with Crippen molar-refractivity contribution >= 4 is 29.7 Å². The summed E-state index contributed by atoms with van der Waals surface area (Å²) in [6.07, 6.45) is 1.50. The molecule has 1 fully saturated rings. The zero-order valence-electron chi connectivity index (χ0n) is 9.31. The SMILES string of the molecule is CN(C(=O)CCc1ccsc1)C1CNC1.Cl. The number of hydrogen-bond donors (Lipinski definition) is 1. The fourth-order valence-electron chi connectivity index (χ4n) is 1.61. The van der Waals surface area contributed by atoms with Crippen LogP contribution in [0.2, 0.25) is 0 Å². The van der Waals surface area contributed by atoms with Crippen LogP contribution in [0.1, 0.15) is 12.0 Å². The molecular formula is C11H17ClN2OS. The van der Waals surface area contributed by atoms with Gasteiger partial charge in [0, 0.05) is 26.6 Å². The van der Waals surface area contributed by atoms with Crippen molar-refractivity contribution < 1.29 is 4.79 Å². The van der Waals surface area contributed by atoms with Gasteiger partial charge in [0.05, 0.1) is 6.04 Å². The van der Waals surface area contributed by atoms with Gasteiger partial charge in [0.25, 0.3) is 0 Å². The molecule has 0 spiro atoms. The first-order valence-corrected chi connectivity index (χ1v) is 6.19. The van der Waals surface area contributed by atoms with Gasteiger partial charge in [-0.3, -0.25) is 4.79 Å². The molecule has 0 atom stereocenters. The highest BCUT2D eigenvalue weighted by Gasteiger charge is 2.24. The number of amides is 1. The van der Waals surface area contributed by atoms with Crippen molar-refractivity contribution in [1.82, 2.24) is 10.2 Å². The number of aryl methyl sites for hydroxylation is 1. The average molecular weight is 261 g/mol. The van der Waals surface area contributed by atoms with E-state index in [0.29, 0.717) is 12.5 Å². The first kappa shape index (κ1) is 13.5. The van der Waals surface area contributed by atoms with Gasteiger partial charge in [-0.2, -0.15) is 11.3 Å². The maximum absolute atomic E-state index is 11.8. The molecule has 2 heterocycles. The highest BCUT2D eigenvalue weighted by atomic mass is 35.5. The molecule has 1 aliphatic heterocycles. The highest BCUT2D eigenvalue weighted by molar-refractivity contribution is 7.07. The van der Waals surface area contributed by atoms with Crippen LogP contribution in [-0.4, -0.2) is 37.0 Å². The first-order valence-electron chi connectivity index (χ1n) is 5.25. The number of carbonyl (C=O) groups excluding carboxylic acids is 1. The summed E-state index contributed by atoms with van der Waals surface area (Å²) in [6.45, 7) is 1.89. The topological polar surface area (TPSA) is 32.3 Å². The van der Waals surface area contributed by atoms with Gasteiger partial charge in [-0.15, -0.1) is 12.4 Å². The molecule has 0 aromatic carbocycles. The molecule has 1 N–H and O–H groups in total. The number of likely N-dealkylation sites (N-methyl/N-ethyl adjacent to an activating group) is 1. The van der Waals surface area contributed by atoms with E-state index in [4.69, 9.17) is 0 Å². The second-order valence-corrected chi connectivity index (χ2v) is 4.73. The fourth-order valence-corrected chi connectivity index (χ4v) is 2.32. The maximum atomic E-state index is 11.8. The van der Waals surface area contributed by atoms with Crippen LogP contribution in [0.3, 0.4) is 0 Å². The summed E-state index contributed by atoms with van der Waals surface area (Å²) >= 11 is 1.69. The quantitative estimate of drug-likeness (QED) is 0.891. The number of hydrogen-bond acceptors (Lipinski definition) is 3. The van der Waals surface area contributed by atoms with E-state index in [-0.39, 0.29) is 18.3 Å². The summed E-state index contributed by atoms with van der Waals surface area (Å²) in [6, 6.07) is 2.50. The van der Waals surface area contributed by atoms with E-state index in [1.807, 2.05) is 11.9 Å². The number of nitrogens with zero attached hydrogens (tertiary/aromatic N) is 1. The lowest BCUT2D eigenvalue weighted by atomic mass is 10.1. The lowest BCUT2D eigenvalue weighted by Crippen LogP contribution is -2.57. The number of thiophene rings is 1. The third-order valence-corrected chi connectivity index (χ3v) is 3.64. The van der Waals surface area contributed by atoms with Crippen LogP contribution < -0.4 is 5.32 Å². The summed E-state index contributed by atoms with van der Waals surface area (Å²) in [7, 11) is 1.90. The van der Waals surface area contributed by atoms with E-state index in [1.165, 1.54) is 5.56 Å². The van der Waals surface area contributed by atoms with Crippen LogP contribution in [-0.2, 0) is 11.2 Å². The Labute approximate surface area is 106 Å². The smallest absolute Gasteiger partial charge is 0.222 e. The molecule has 0 aliphatic carbocycles. The summed E-state index contributed by atoms with van der Waals surface area (Å²) < 4.78 is 0. The van der Waals surface area contributed by atoms with Gasteiger partial charge in [-0.25, -0.2) is 0 Å². The number of halogens is 1. The van der Waals surface area contributed by atoms with E-state index in [2.05, 4.69) is 22.1 Å². The van der Waals surface area contributed by atoms with Gasteiger partial charge in [0.2, 0.25) is 5.91 Å². The van der Waals surface area contributed by atoms with Crippen molar-refractivity contribution in [2.45, 2.75) is 18.9 Å². The molecule has 0 unspecified atom stereocenters. The van der Waals surface area contributed by atoms with Crippen LogP contribution in [0.4, 0.5) is 0 Å². The minimum absolute atomic E-state index is 0. The summed E-state index contributed by atoms with van der Waals surface area (Å²) in [5.41, 5.74) is 1.27. The fraction of sp³-hybridized carbons (Fsp3) is 0.545. The molecule has 3 nitrogen and oxygen atoms in total. The Balaban J connectivity index is 0.00000128. The Hall–Kier alpha value is -0.580. The van der Waals surface area contributed by atoms with Gasteiger partial charge in [-0.1, -0.05) is 0 Å². The van der Waals surface area contributed by atoms with Crippen LogP contribution in [0.5, 0.6) is 0 Å². The molecule has 0 bridgehead atoms. The zero-order valence-corrected chi connectivity index (χ0v) is 10.9. The summed E-state index contributed by atoms with van der Waals surface area (Å²) in [5.74, 6) is 0.257. The zero-order chi connectivity index (χ0) is 10.7. The van der Waals surface area contributed by atoms with Crippen molar-refractivity contribution in [3.63, 3.8) is 0 Å². The molecule has 1 aliphatic rings. The second-order valence-electron chi connectivity index (χ2n) is 3.95. The predicted molar refractivity (Wildman–Crippen MR) is 69.3 cm³/mol. The van der Waals surface area contributed by atoms with E-state index in [9.17, 15) is 4.79 Å². The molecule has 0 saturated carbocycles. The van der Waals surface area contributed by atoms with Crippen molar-refractivity contribution in [1.29, 1.82) is 0 Å². The van der Waals surface area contributed by atoms with Gasteiger partial charge in [0.1, 0.15) is 0 Å². The lowest BCUT2D eigenvalue weighted by molar-refractivity contribution is -0.132. The Morgan fingerprint density at radius 2 is 2.38 bits per heavy atom. The average Bonchev–Trinajstić information content (AvgIpc) is 2.63. The molecule has 1 aromatic heterocycles. The number of rotatable bonds is 4. The van der Waals surface area contributed by atoms with Crippen LogP contribution in [0, 0.1) is 0 Å². The maximum Gasteiger partial charge on any atom is 0.222 e. The van der Waals surface area contributed by atoms with E-state index in [1.54, 1.807) is 11.3 Å². The van der Waals surface area contributed by atoms with E-state index < -0.39 is 0 Å². The molecule has 0 radical (unpaired) electrons. The lowest BCUT2D eigenvalue weighted by Gasteiger charge is -2.35. The van der Waals surface area contributed by atoms with Gasteiger partial charge >= 0.3 is 0 Å². The molecule has 1 aromatic rings. The molecular weight excluding hydrogens is 244 g/mol. The second kappa shape index (κ2) is 6.23. The molecule has 2 rings (SSSR count). The normalized spacial score (nSPS) is 15.1. The highest BCUT2D eigenvalue weighted by Crippen LogP contribution is 2.10. The van der Waals surface area contributed by atoms with Crippen molar-refractivity contribution in [2.24, 2.45) is 0 Å². The van der Waals surface area contributed by atoms with Crippen molar-refractivity contribution in [2.75, 3.05) is 20.1 Å². The van der Waals surface area contributed by atoms with E-state index >= 15 is 0 Å². The minimum Gasteiger partial charge on any atom is -0.340 e. The third kappa shape index (κ3) is 3.20. The molecule has 16 heavy (non-hydrogen) atoms. The Kier molecular flexibility index (Phi) is 5.25.